The van der Waals surface area contributed by atoms with E-state index in [9.17, 15) is 4.79 Å². The second-order valence-corrected chi connectivity index (χ2v) is 7.59. The van der Waals surface area contributed by atoms with Crippen LogP contribution in [0.3, 0.4) is 0 Å². The Morgan fingerprint density at radius 3 is 2.78 bits per heavy atom. The van der Waals surface area contributed by atoms with Gasteiger partial charge in [-0.1, -0.05) is 31.2 Å². The number of aromatic amines is 1. The molecule has 2 aromatic heterocycles. The molecule has 0 saturated heterocycles. The average Bonchev–Trinajstić information content (AvgIpc) is 3.27. The second-order valence-electron chi connectivity index (χ2n) is 7.59. The largest absolute Gasteiger partial charge is 0.340 e. The van der Waals surface area contributed by atoms with Gasteiger partial charge in [-0.25, -0.2) is 9.97 Å². The Hall–Kier alpha value is -4.26. The molecule has 7 heteroatoms. The molecule has 3 aromatic carbocycles. The maximum absolute atomic E-state index is 12.0. The third-order valence-corrected chi connectivity index (χ3v) is 5.19. The van der Waals surface area contributed by atoms with Crippen molar-refractivity contribution in [3.63, 3.8) is 0 Å². The van der Waals surface area contributed by atoms with Crippen LogP contribution < -0.4 is 10.6 Å². The number of carbonyl (C=O) groups excluding carboxylic acids is 1. The molecule has 0 spiro atoms. The Morgan fingerprint density at radius 2 is 1.88 bits per heavy atom. The van der Waals surface area contributed by atoms with E-state index in [0.29, 0.717) is 18.1 Å². The number of aromatic nitrogens is 4. The highest BCUT2D eigenvalue weighted by Crippen LogP contribution is 2.29. The first-order chi connectivity index (χ1) is 15.7. The number of carbonyl (C=O) groups is 1. The summed E-state index contributed by atoms with van der Waals surface area (Å²) in [6.07, 6.45) is 3.09. The van der Waals surface area contributed by atoms with Gasteiger partial charge in [-0.05, 0) is 48.9 Å². The number of hydrogen-bond acceptors (Lipinski definition) is 5. The van der Waals surface area contributed by atoms with Gasteiger partial charge < -0.3 is 10.6 Å². The van der Waals surface area contributed by atoms with Gasteiger partial charge >= 0.3 is 0 Å². The summed E-state index contributed by atoms with van der Waals surface area (Å²) in [5.41, 5.74) is 4.29. The molecule has 158 valence electrons. The van der Waals surface area contributed by atoms with Gasteiger partial charge in [-0.2, -0.15) is 5.10 Å². The van der Waals surface area contributed by atoms with Crippen LogP contribution in [0.2, 0.25) is 0 Å². The maximum atomic E-state index is 12.0. The van der Waals surface area contributed by atoms with E-state index in [-0.39, 0.29) is 5.91 Å². The number of hydrogen-bond donors (Lipinski definition) is 3. The van der Waals surface area contributed by atoms with Crippen molar-refractivity contribution in [2.45, 2.75) is 19.8 Å². The molecule has 3 N–H and O–H groups in total. The van der Waals surface area contributed by atoms with Crippen molar-refractivity contribution in [3.05, 3.63) is 72.9 Å². The van der Waals surface area contributed by atoms with Crippen LogP contribution in [0, 0.1) is 0 Å². The van der Waals surface area contributed by atoms with Crippen molar-refractivity contribution < 1.29 is 4.79 Å². The Morgan fingerprint density at radius 1 is 0.969 bits per heavy atom. The molecule has 0 aliphatic carbocycles. The van der Waals surface area contributed by atoms with Gasteiger partial charge in [0.15, 0.2) is 5.82 Å². The zero-order valence-electron chi connectivity index (χ0n) is 17.6. The van der Waals surface area contributed by atoms with E-state index < -0.39 is 0 Å². The second kappa shape index (κ2) is 8.47. The summed E-state index contributed by atoms with van der Waals surface area (Å²) in [5, 5.41) is 15.4. The Kier molecular flexibility index (Phi) is 5.21. The number of anilines is 3. The lowest BCUT2D eigenvalue weighted by atomic mass is 10.1. The van der Waals surface area contributed by atoms with Gasteiger partial charge in [0.2, 0.25) is 5.91 Å². The number of para-hydroxylation sites is 1. The number of H-pyrrole nitrogens is 1. The molecule has 0 aliphatic rings. The van der Waals surface area contributed by atoms with Crippen molar-refractivity contribution in [3.8, 4) is 11.4 Å². The van der Waals surface area contributed by atoms with Crippen molar-refractivity contribution in [1.29, 1.82) is 0 Å². The fourth-order valence-electron chi connectivity index (χ4n) is 3.64. The zero-order chi connectivity index (χ0) is 21.9. The molecule has 5 aromatic rings. The van der Waals surface area contributed by atoms with Crippen LogP contribution in [-0.4, -0.2) is 26.1 Å². The smallest absolute Gasteiger partial charge is 0.224 e. The summed E-state index contributed by atoms with van der Waals surface area (Å²) in [7, 11) is 0. The molecular formula is C25H22N6O. The van der Waals surface area contributed by atoms with Crippen LogP contribution in [0.25, 0.3) is 33.2 Å². The monoisotopic (exact) mass is 422 g/mol. The standard InChI is InChI=1S/C25H22N6O/c1-2-6-23(32)27-18-8-5-7-16(13-18)24-29-22-10-4-3-9-20(22)25(30-24)28-19-11-12-21-17(14-19)15-26-31-21/h3-5,7-15H,2,6H2,1H3,(H,26,31)(H,27,32)(H,28,29,30). The van der Waals surface area contributed by atoms with E-state index in [2.05, 4.69) is 20.8 Å². The fraction of sp³-hybridized carbons (Fsp3) is 0.120. The lowest BCUT2D eigenvalue weighted by Gasteiger charge is -2.12. The van der Waals surface area contributed by atoms with Crippen LogP contribution in [0.15, 0.2) is 72.9 Å². The van der Waals surface area contributed by atoms with E-state index in [1.807, 2.05) is 73.7 Å². The lowest BCUT2D eigenvalue weighted by molar-refractivity contribution is -0.116. The summed E-state index contributed by atoms with van der Waals surface area (Å²) in [4.78, 5) is 21.6. The number of amides is 1. The Bertz CT molecular complexity index is 1420. The van der Waals surface area contributed by atoms with E-state index in [1.165, 1.54) is 0 Å². The van der Waals surface area contributed by atoms with Crippen molar-refractivity contribution in [2.75, 3.05) is 10.6 Å². The number of fused-ring (bicyclic) bond motifs is 2. The minimum atomic E-state index is 0.000995. The molecular weight excluding hydrogens is 400 g/mol. The van der Waals surface area contributed by atoms with E-state index >= 15 is 0 Å². The third-order valence-electron chi connectivity index (χ3n) is 5.19. The third kappa shape index (κ3) is 4.00. The van der Waals surface area contributed by atoms with Gasteiger partial charge in [-0.15, -0.1) is 0 Å². The van der Waals surface area contributed by atoms with Crippen molar-refractivity contribution in [2.24, 2.45) is 0 Å². The highest BCUT2D eigenvalue weighted by Gasteiger charge is 2.11. The lowest BCUT2D eigenvalue weighted by Crippen LogP contribution is -2.10. The van der Waals surface area contributed by atoms with Crippen LogP contribution in [0.1, 0.15) is 19.8 Å². The Balaban J connectivity index is 1.54. The van der Waals surface area contributed by atoms with Gasteiger partial charge in [0.25, 0.3) is 0 Å². The molecule has 1 amide bonds. The Labute approximate surface area is 184 Å². The minimum Gasteiger partial charge on any atom is -0.340 e. The molecule has 0 radical (unpaired) electrons. The van der Waals surface area contributed by atoms with E-state index in [0.717, 1.165) is 45.2 Å². The highest BCUT2D eigenvalue weighted by atomic mass is 16.1. The molecule has 2 heterocycles. The highest BCUT2D eigenvalue weighted by molar-refractivity contribution is 5.94. The number of rotatable bonds is 6. The number of benzene rings is 3. The van der Waals surface area contributed by atoms with Crippen LogP contribution in [0.4, 0.5) is 17.2 Å². The zero-order valence-corrected chi connectivity index (χ0v) is 17.6. The van der Waals surface area contributed by atoms with Crippen molar-refractivity contribution >= 4 is 44.9 Å². The van der Waals surface area contributed by atoms with Gasteiger partial charge in [0.05, 0.1) is 17.2 Å². The molecule has 5 rings (SSSR count). The maximum Gasteiger partial charge on any atom is 0.224 e. The summed E-state index contributed by atoms with van der Waals surface area (Å²) in [6, 6.07) is 21.5. The van der Waals surface area contributed by atoms with E-state index in [1.54, 1.807) is 6.20 Å². The summed E-state index contributed by atoms with van der Waals surface area (Å²) >= 11 is 0. The number of nitrogens with one attached hydrogen (secondary N) is 3. The van der Waals surface area contributed by atoms with Crippen LogP contribution in [0.5, 0.6) is 0 Å². The molecule has 0 aliphatic heterocycles. The molecule has 0 atom stereocenters. The quantitative estimate of drug-likeness (QED) is 0.328. The average molecular weight is 422 g/mol. The van der Waals surface area contributed by atoms with Crippen molar-refractivity contribution in [1.82, 2.24) is 20.2 Å². The summed E-state index contributed by atoms with van der Waals surface area (Å²) in [5.74, 6) is 1.30. The molecule has 0 bridgehead atoms. The summed E-state index contributed by atoms with van der Waals surface area (Å²) < 4.78 is 0. The van der Waals surface area contributed by atoms with Gasteiger partial charge in [0.1, 0.15) is 5.82 Å². The first kappa shape index (κ1) is 19.7. The topological polar surface area (TPSA) is 95.6 Å². The summed E-state index contributed by atoms with van der Waals surface area (Å²) in [6.45, 7) is 1.98. The predicted molar refractivity (Wildman–Crippen MR) is 128 cm³/mol. The first-order valence-electron chi connectivity index (χ1n) is 10.6. The number of nitrogens with zero attached hydrogens (tertiary/aromatic N) is 3. The van der Waals surface area contributed by atoms with Crippen LogP contribution in [-0.2, 0) is 4.79 Å². The molecule has 7 nitrogen and oxygen atoms in total. The molecule has 0 unspecified atom stereocenters. The van der Waals surface area contributed by atoms with Crippen LogP contribution >= 0.6 is 0 Å². The SMILES string of the molecule is CCCC(=O)Nc1cccc(-c2nc(Nc3ccc4[nH]ncc4c3)c3ccccc3n2)c1. The van der Waals surface area contributed by atoms with Gasteiger partial charge in [0, 0.05) is 34.1 Å². The molecule has 0 fully saturated rings. The minimum absolute atomic E-state index is 0.000995. The van der Waals surface area contributed by atoms with E-state index in [4.69, 9.17) is 9.97 Å². The normalized spacial score (nSPS) is 11.0. The fourth-order valence-corrected chi connectivity index (χ4v) is 3.64. The molecule has 0 saturated carbocycles. The first-order valence-corrected chi connectivity index (χ1v) is 10.6. The predicted octanol–water partition coefficient (Wildman–Crippen LogP) is 5.66. The van der Waals surface area contributed by atoms with Gasteiger partial charge in [-0.3, -0.25) is 9.89 Å². The molecule has 32 heavy (non-hydrogen) atoms.